The highest BCUT2D eigenvalue weighted by atomic mass is 127. The Balaban J connectivity index is 2.32. The fraction of sp³-hybridized carbons (Fsp3) is 0.481. The van der Waals surface area contributed by atoms with Gasteiger partial charge in [-0.15, -0.1) is 0 Å². The van der Waals surface area contributed by atoms with Crippen LogP contribution in [0.3, 0.4) is 0 Å². The Morgan fingerprint density at radius 2 is 1.83 bits per heavy atom. The molecule has 8 heteroatoms. The van der Waals surface area contributed by atoms with E-state index in [1.807, 2.05) is 19.1 Å². The number of nitriles is 4. The van der Waals surface area contributed by atoms with E-state index in [9.17, 15) is 15.8 Å². The molecule has 0 amide bonds. The van der Waals surface area contributed by atoms with Crippen LogP contribution in [0.4, 0.5) is 0 Å². The third kappa shape index (κ3) is 4.56. The number of benzene rings is 1. The number of hydrogen-bond acceptors (Lipinski definition) is 7. The summed E-state index contributed by atoms with van der Waals surface area (Å²) in [6.07, 6.45) is 3.59. The van der Waals surface area contributed by atoms with Gasteiger partial charge in [-0.3, -0.25) is 0 Å². The molecule has 180 valence electrons. The van der Waals surface area contributed by atoms with E-state index < -0.39 is 11.3 Å². The van der Waals surface area contributed by atoms with Gasteiger partial charge in [0.25, 0.3) is 0 Å². The van der Waals surface area contributed by atoms with Gasteiger partial charge in [0.05, 0.1) is 33.6 Å². The quantitative estimate of drug-likeness (QED) is 0.456. The lowest BCUT2D eigenvalue weighted by molar-refractivity contribution is 0.170. The van der Waals surface area contributed by atoms with Gasteiger partial charge in [0, 0.05) is 5.92 Å². The van der Waals surface area contributed by atoms with Crippen molar-refractivity contribution >= 4 is 22.6 Å². The smallest absolute Gasteiger partial charge is 0.191 e. The van der Waals surface area contributed by atoms with Gasteiger partial charge in [0.2, 0.25) is 0 Å². The number of nitrogens with two attached hydrogens (primary N) is 1. The molecule has 0 aromatic heterocycles. The van der Waals surface area contributed by atoms with Crippen LogP contribution in [0.15, 0.2) is 35.1 Å². The first kappa shape index (κ1) is 26.4. The summed E-state index contributed by atoms with van der Waals surface area (Å²) >= 11 is 2.11. The molecule has 7 nitrogen and oxygen atoms in total. The van der Waals surface area contributed by atoms with E-state index in [4.69, 9.17) is 20.5 Å². The van der Waals surface area contributed by atoms with E-state index in [-0.39, 0.29) is 29.2 Å². The molecule has 0 radical (unpaired) electrons. The summed E-state index contributed by atoms with van der Waals surface area (Å²) in [5.74, 6) is 0.337. The average Bonchev–Trinajstić information content (AvgIpc) is 2.82. The Bertz CT molecular complexity index is 1230. The second kappa shape index (κ2) is 10.2. The minimum Gasteiger partial charge on any atom is -0.490 e. The molecule has 3 rings (SSSR count). The lowest BCUT2D eigenvalue weighted by atomic mass is 9.54. The molecule has 0 heterocycles. The van der Waals surface area contributed by atoms with Crippen LogP contribution in [0.2, 0.25) is 0 Å². The summed E-state index contributed by atoms with van der Waals surface area (Å²) < 4.78 is 12.2. The van der Waals surface area contributed by atoms with E-state index in [0.717, 1.165) is 24.0 Å². The number of fused-ring (bicyclic) bond motifs is 1. The maximum absolute atomic E-state index is 10.4. The average molecular weight is 581 g/mol. The van der Waals surface area contributed by atoms with Crippen LogP contribution in [0.25, 0.3) is 0 Å². The summed E-state index contributed by atoms with van der Waals surface area (Å²) in [7, 11) is 0. The van der Waals surface area contributed by atoms with E-state index in [2.05, 4.69) is 67.6 Å². The third-order valence-electron chi connectivity index (χ3n) is 7.07. The Morgan fingerprint density at radius 1 is 1.14 bits per heavy atom. The predicted molar refractivity (Wildman–Crippen MR) is 138 cm³/mol. The Labute approximate surface area is 220 Å². The molecule has 0 spiro atoms. The fourth-order valence-electron chi connectivity index (χ4n) is 5.25. The summed E-state index contributed by atoms with van der Waals surface area (Å²) in [6, 6.07) is 12.2. The normalized spacial score (nSPS) is 23.0. The molecule has 35 heavy (non-hydrogen) atoms. The van der Waals surface area contributed by atoms with Crippen molar-refractivity contribution in [3.8, 4) is 35.8 Å². The van der Waals surface area contributed by atoms with E-state index in [1.165, 1.54) is 0 Å². The largest absolute Gasteiger partial charge is 0.490 e. The number of hydrogen-bond donors (Lipinski definition) is 1. The number of allylic oxidation sites excluding steroid dienone is 4. The van der Waals surface area contributed by atoms with E-state index in [1.54, 1.807) is 6.07 Å². The first-order valence-corrected chi connectivity index (χ1v) is 12.6. The summed E-state index contributed by atoms with van der Waals surface area (Å²) in [5, 5.41) is 39.7. The molecule has 2 aliphatic rings. The van der Waals surface area contributed by atoms with Crippen molar-refractivity contribution in [2.45, 2.75) is 46.5 Å². The minimum atomic E-state index is -1.71. The zero-order valence-corrected chi connectivity index (χ0v) is 22.5. The molecule has 3 atom stereocenters. The Morgan fingerprint density at radius 3 is 2.37 bits per heavy atom. The summed E-state index contributed by atoms with van der Waals surface area (Å²) in [6.45, 7) is 8.63. The Hall–Kier alpha value is -3.21. The lowest BCUT2D eigenvalue weighted by Crippen LogP contribution is -2.44. The second-order valence-electron chi connectivity index (χ2n) is 9.92. The molecule has 0 saturated carbocycles. The van der Waals surface area contributed by atoms with Crippen LogP contribution in [0, 0.1) is 71.6 Å². The molecule has 2 aliphatic carbocycles. The topological polar surface area (TPSA) is 140 Å². The van der Waals surface area contributed by atoms with Gasteiger partial charge in [-0.1, -0.05) is 26.8 Å². The standard InChI is InChI=1S/C27H28IN5O2/c1-5-34-22-11-16(10-21(28)24(22)35-9-8-29)23-19-12-17(26(2,3)4)6-7-18(19)20(13-30)25(33)27(23,14-31)15-32/h7,10-11,17,19,23H,5-6,9,12,33H2,1-4H3/t17-,19-,23-/m1/s1. The minimum absolute atomic E-state index is 0.00415. The highest BCUT2D eigenvalue weighted by Gasteiger charge is 2.55. The molecular weight excluding hydrogens is 553 g/mol. The summed E-state index contributed by atoms with van der Waals surface area (Å²) in [4.78, 5) is 0. The van der Waals surface area contributed by atoms with Crippen molar-refractivity contribution in [3.63, 3.8) is 0 Å². The van der Waals surface area contributed by atoms with Crippen LogP contribution in [0.5, 0.6) is 11.5 Å². The van der Waals surface area contributed by atoms with Crippen molar-refractivity contribution in [3.05, 3.63) is 44.2 Å². The molecule has 1 aromatic rings. The molecule has 1 aromatic carbocycles. The highest BCUT2D eigenvalue weighted by molar-refractivity contribution is 14.1. The number of ether oxygens (including phenoxy) is 2. The van der Waals surface area contributed by atoms with Gasteiger partial charge in [-0.05, 0) is 82.9 Å². The van der Waals surface area contributed by atoms with Gasteiger partial charge in [0.1, 0.15) is 12.1 Å². The maximum atomic E-state index is 10.4. The zero-order valence-electron chi connectivity index (χ0n) is 20.4. The predicted octanol–water partition coefficient (Wildman–Crippen LogP) is 5.46. The van der Waals surface area contributed by atoms with Gasteiger partial charge in [-0.2, -0.15) is 21.0 Å². The maximum Gasteiger partial charge on any atom is 0.191 e. The molecule has 0 fully saturated rings. The van der Waals surface area contributed by atoms with Crippen LogP contribution in [-0.2, 0) is 0 Å². The molecule has 0 bridgehead atoms. The summed E-state index contributed by atoms with van der Waals surface area (Å²) in [5.41, 5.74) is 6.53. The second-order valence-corrected chi connectivity index (χ2v) is 11.1. The van der Waals surface area contributed by atoms with Crippen molar-refractivity contribution in [2.24, 2.45) is 28.4 Å². The van der Waals surface area contributed by atoms with Crippen molar-refractivity contribution in [1.82, 2.24) is 0 Å². The highest BCUT2D eigenvalue weighted by Crippen LogP contribution is 2.58. The van der Waals surface area contributed by atoms with Crippen molar-refractivity contribution < 1.29 is 9.47 Å². The Kier molecular flexibility index (Phi) is 7.68. The molecule has 2 N–H and O–H groups in total. The number of nitrogens with zero attached hydrogens (tertiary/aromatic N) is 4. The number of halogens is 1. The zero-order chi connectivity index (χ0) is 26.0. The monoisotopic (exact) mass is 581 g/mol. The lowest BCUT2D eigenvalue weighted by Gasteiger charge is -2.47. The molecule has 0 aliphatic heterocycles. The molecule has 0 unspecified atom stereocenters. The third-order valence-corrected chi connectivity index (χ3v) is 7.87. The van der Waals surface area contributed by atoms with Crippen LogP contribution < -0.4 is 15.2 Å². The van der Waals surface area contributed by atoms with Crippen LogP contribution in [-0.4, -0.2) is 13.2 Å². The van der Waals surface area contributed by atoms with Gasteiger partial charge in [-0.25, -0.2) is 0 Å². The first-order valence-electron chi connectivity index (χ1n) is 11.5. The van der Waals surface area contributed by atoms with Crippen molar-refractivity contribution in [2.75, 3.05) is 13.2 Å². The van der Waals surface area contributed by atoms with Gasteiger partial charge >= 0.3 is 0 Å². The molecule has 0 saturated heterocycles. The van der Waals surface area contributed by atoms with Gasteiger partial charge in [0.15, 0.2) is 23.5 Å². The van der Waals surface area contributed by atoms with Crippen LogP contribution in [0.1, 0.15) is 52.0 Å². The first-order chi connectivity index (χ1) is 16.6. The SMILES string of the molecule is CCOc1cc([C@@H]2[C@@H]3C[C@H](C(C)(C)C)CC=C3C(C#N)=C(N)C2(C#N)C#N)cc(I)c1OCC#N. The van der Waals surface area contributed by atoms with Crippen molar-refractivity contribution in [1.29, 1.82) is 21.0 Å². The molecular formula is C27H28IN5O2. The van der Waals surface area contributed by atoms with Crippen LogP contribution >= 0.6 is 22.6 Å². The van der Waals surface area contributed by atoms with E-state index >= 15 is 0 Å². The number of rotatable bonds is 5. The van der Waals surface area contributed by atoms with Gasteiger partial charge < -0.3 is 15.2 Å². The fourth-order valence-corrected chi connectivity index (χ4v) is 6.03. The van der Waals surface area contributed by atoms with E-state index in [0.29, 0.717) is 27.6 Å².